The maximum atomic E-state index is 11.0. The van der Waals surface area contributed by atoms with Crippen LogP contribution in [0.2, 0.25) is 0 Å². The third-order valence-corrected chi connectivity index (χ3v) is 4.17. The van der Waals surface area contributed by atoms with Crippen LogP contribution >= 0.6 is 11.3 Å². The summed E-state index contributed by atoms with van der Waals surface area (Å²) in [7, 11) is 0. The fraction of sp³-hybridized carbons (Fsp3) is 0.615. The molecular weight excluding hydrogens is 250 g/mol. The summed E-state index contributed by atoms with van der Waals surface area (Å²) in [6, 6.07) is 4.22. The normalized spacial score (nSPS) is 25.8. The minimum Gasteiger partial charge on any atom is -0.481 e. The molecule has 2 N–H and O–H groups in total. The molecule has 3 unspecified atom stereocenters. The summed E-state index contributed by atoms with van der Waals surface area (Å²) < 4.78 is 5.51. The Hall–Kier alpha value is -0.910. The molecule has 100 valence electrons. The smallest absolute Gasteiger partial charge is 0.305 e. The molecule has 0 bridgehead atoms. The molecule has 1 aromatic rings. The van der Waals surface area contributed by atoms with Crippen molar-refractivity contribution in [2.75, 3.05) is 6.61 Å². The number of ether oxygens (including phenoxy) is 1. The first kappa shape index (κ1) is 13.5. The largest absolute Gasteiger partial charge is 0.481 e. The first-order chi connectivity index (χ1) is 8.65. The topological polar surface area (TPSA) is 58.6 Å². The van der Waals surface area contributed by atoms with Gasteiger partial charge in [0.1, 0.15) is 0 Å². The van der Waals surface area contributed by atoms with Gasteiger partial charge in [0.2, 0.25) is 0 Å². The van der Waals surface area contributed by atoms with Gasteiger partial charge in [-0.1, -0.05) is 6.07 Å². The Kier molecular flexibility index (Phi) is 4.74. The van der Waals surface area contributed by atoms with Crippen LogP contribution in [0.3, 0.4) is 0 Å². The first-order valence-electron chi connectivity index (χ1n) is 6.28. The predicted molar refractivity (Wildman–Crippen MR) is 70.9 cm³/mol. The van der Waals surface area contributed by atoms with Gasteiger partial charge in [-0.25, -0.2) is 0 Å². The summed E-state index contributed by atoms with van der Waals surface area (Å²) in [5.41, 5.74) is 0. The van der Waals surface area contributed by atoms with Crippen molar-refractivity contribution >= 4 is 17.3 Å². The molecule has 1 aliphatic heterocycles. The summed E-state index contributed by atoms with van der Waals surface area (Å²) in [4.78, 5) is 12.0. The standard InChI is InChI=1S/C13H19NO3S/c1-9-7-10(4-5-17-9)14-11(8-13(15)16)12-3-2-6-18-12/h2-3,6,9-11,14H,4-5,7-8H2,1H3,(H,15,16). The molecular formula is C13H19NO3S. The molecule has 1 aromatic heterocycles. The molecule has 0 aliphatic carbocycles. The molecule has 1 aliphatic rings. The summed E-state index contributed by atoms with van der Waals surface area (Å²) in [5.74, 6) is -0.763. The molecule has 4 nitrogen and oxygen atoms in total. The maximum absolute atomic E-state index is 11.0. The van der Waals surface area contributed by atoms with E-state index in [0.29, 0.717) is 6.04 Å². The lowest BCUT2D eigenvalue weighted by atomic mass is 10.0. The van der Waals surface area contributed by atoms with Crippen molar-refractivity contribution in [2.45, 2.75) is 44.4 Å². The van der Waals surface area contributed by atoms with Gasteiger partial charge in [0.15, 0.2) is 0 Å². The van der Waals surface area contributed by atoms with E-state index in [1.54, 1.807) is 11.3 Å². The molecule has 18 heavy (non-hydrogen) atoms. The Bertz CT molecular complexity index is 380. The highest BCUT2D eigenvalue weighted by atomic mass is 32.1. The van der Waals surface area contributed by atoms with E-state index < -0.39 is 5.97 Å². The minimum absolute atomic E-state index is 0.0854. The van der Waals surface area contributed by atoms with Crippen molar-refractivity contribution < 1.29 is 14.6 Å². The second-order valence-electron chi connectivity index (χ2n) is 4.74. The van der Waals surface area contributed by atoms with Crippen LogP contribution in [0, 0.1) is 0 Å². The van der Waals surface area contributed by atoms with Crippen molar-refractivity contribution in [1.82, 2.24) is 5.32 Å². The highest BCUT2D eigenvalue weighted by Crippen LogP contribution is 2.25. The van der Waals surface area contributed by atoms with Crippen molar-refractivity contribution in [3.63, 3.8) is 0 Å². The third kappa shape index (κ3) is 3.80. The number of rotatable bonds is 5. The van der Waals surface area contributed by atoms with Crippen molar-refractivity contribution in [3.8, 4) is 0 Å². The predicted octanol–water partition coefficient (Wildman–Crippen LogP) is 2.42. The molecule has 0 amide bonds. The maximum Gasteiger partial charge on any atom is 0.305 e. The number of carbonyl (C=O) groups is 1. The van der Waals surface area contributed by atoms with Gasteiger partial charge in [0.25, 0.3) is 0 Å². The van der Waals surface area contributed by atoms with Crippen LogP contribution < -0.4 is 5.32 Å². The van der Waals surface area contributed by atoms with Crippen LogP contribution in [0.5, 0.6) is 0 Å². The zero-order chi connectivity index (χ0) is 13.0. The second-order valence-corrected chi connectivity index (χ2v) is 5.71. The van der Waals surface area contributed by atoms with Crippen LogP contribution in [0.4, 0.5) is 0 Å². The average Bonchev–Trinajstić information content (AvgIpc) is 2.80. The SMILES string of the molecule is CC1CC(NC(CC(=O)O)c2cccs2)CCO1. The van der Waals surface area contributed by atoms with Crippen molar-refractivity contribution in [2.24, 2.45) is 0 Å². The number of carboxylic acids is 1. The van der Waals surface area contributed by atoms with Crippen LogP contribution in [0.15, 0.2) is 17.5 Å². The van der Waals surface area contributed by atoms with E-state index >= 15 is 0 Å². The first-order valence-corrected chi connectivity index (χ1v) is 7.16. The van der Waals surface area contributed by atoms with E-state index in [0.717, 1.165) is 24.3 Å². The molecule has 1 saturated heterocycles. The number of thiophene rings is 1. The van der Waals surface area contributed by atoms with Gasteiger partial charge in [0.05, 0.1) is 18.6 Å². The molecule has 0 radical (unpaired) electrons. The Morgan fingerprint density at radius 3 is 3.17 bits per heavy atom. The van der Waals surface area contributed by atoms with Gasteiger partial charge in [0, 0.05) is 17.5 Å². The average molecular weight is 269 g/mol. The molecule has 0 spiro atoms. The van der Waals surface area contributed by atoms with E-state index in [2.05, 4.69) is 12.2 Å². The van der Waals surface area contributed by atoms with Gasteiger partial charge >= 0.3 is 5.97 Å². The number of aliphatic carboxylic acids is 1. The molecule has 2 rings (SSSR count). The third-order valence-electron chi connectivity index (χ3n) is 3.19. The molecule has 5 heteroatoms. The lowest BCUT2D eigenvalue weighted by Gasteiger charge is -2.31. The van der Waals surface area contributed by atoms with Gasteiger partial charge < -0.3 is 15.2 Å². The van der Waals surface area contributed by atoms with E-state index in [1.165, 1.54) is 0 Å². The zero-order valence-corrected chi connectivity index (χ0v) is 11.3. The Balaban J connectivity index is 1.98. The lowest BCUT2D eigenvalue weighted by Crippen LogP contribution is -2.40. The van der Waals surface area contributed by atoms with E-state index in [9.17, 15) is 4.79 Å². The van der Waals surface area contributed by atoms with E-state index in [-0.39, 0.29) is 18.6 Å². The fourth-order valence-corrected chi connectivity index (χ4v) is 3.13. The van der Waals surface area contributed by atoms with Crippen molar-refractivity contribution in [3.05, 3.63) is 22.4 Å². The lowest BCUT2D eigenvalue weighted by molar-refractivity contribution is -0.137. The van der Waals surface area contributed by atoms with Crippen molar-refractivity contribution in [1.29, 1.82) is 0 Å². The summed E-state index contributed by atoms with van der Waals surface area (Å²) in [6.45, 7) is 2.81. The fourth-order valence-electron chi connectivity index (χ4n) is 2.34. The Morgan fingerprint density at radius 2 is 2.56 bits per heavy atom. The van der Waals surface area contributed by atoms with Crippen LogP contribution in [-0.2, 0) is 9.53 Å². The molecule has 0 aromatic carbocycles. The Morgan fingerprint density at radius 1 is 1.72 bits per heavy atom. The number of carboxylic acid groups (broad SMARTS) is 1. The van der Waals surface area contributed by atoms with Crippen LogP contribution in [0.25, 0.3) is 0 Å². The van der Waals surface area contributed by atoms with Gasteiger partial charge in [-0.05, 0) is 31.2 Å². The second kappa shape index (κ2) is 6.31. The van der Waals surface area contributed by atoms with Gasteiger partial charge in [-0.2, -0.15) is 0 Å². The number of hydrogen-bond acceptors (Lipinski definition) is 4. The van der Waals surface area contributed by atoms with E-state index in [4.69, 9.17) is 9.84 Å². The van der Waals surface area contributed by atoms with Crippen LogP contribution in [0.1, 0.15) is 37.1 Å². The molecule has 1 fully saturated rings. The summed E-state index contributed by atoms with van der Waals surface area (Å²) in [6.07, 6.45) is 2.28. The number of nitrogens with one attached hydrogen (secondary N) is 1. The van der Waals surface area contributed by atoms with Crippen LogP contribution in [-0.4, -0.2) is 29.8 Å². The minimum atomic E-state index is -0.763. The molecule has 3 atom stereocenters. The zero-order valence-electron chi connectivity index (χ0n) is 10.5. The highest BCUT2D eigenvalue weighted by Gasteiger charge is 2.24. The van der Waals surface area contributed by atoms with Gasteiger partial charge in [-0.15, -0.1) is 11.3 Å². The summed E-state index contributed by atoms with van der Waals surface area (Å²) >= 11 is 1.61. The van der Waals surface area contributed by atoms with Gasteiger partial charge in [-0.3, -0.25) is 4.79 Å². The Labute approximate surface area is 111 Å². The monoisotopic (exact) mass is 269 g/mol. The summed E-state index contributed by atoms with van der Waals surface area (Å²) in [5, 5.41) is 14.5. The highest BCUT2D eigenvalue weighted by molar-refractivity contribution is 7.10. The number of hydrogen-bond donors (Lipinski definition) is 2. The molecule has 0 saturated carbocycles. The molecule has 2 heterocycles. The quantitative estimate of drug-likeness (QED) is 0.862. The van der Waals surface area contributed by atoms with E-state index in [1.807, 2.05) is 17.5 Å².